The lowest BCUT2D eigenvalue weighted by molar-refractivity contribution is 0.411. The Labute approximate surface area is 113 Å². The van der Waals surface area contributed by atoms with Gasteiger partial charge in [0.2, 0.25) is 0 Å². The number of nitrogens with one attached hydrogen (secondary N) is 1. The average Bonchev–Trinajstić information content (AvgIpc) is 2.41. The van der Waals surface area contributed by atoms with Gasteiger partial charge in [0.25, 0.3) is 0 Å². The monoisotopic (exact) mass is 268 g/mol. The molecule has 0 saturated heterocycles. The Hall–Kier alpha value is -0.900. The third-order valence-electron chi connectivity index (χ3n) is 3.85. The molecular formula is C14H21FN2S. The number of rotatable bonds is 4. The number of para-hydroxylation sites is 1. The predicted molar refractivity (Wildman–Crippen MR) is 78.6 cm³/mol. The van der Waals surface area contributed by atoms with Gasteiger partial charge in [-0.05, 0) is 31.2 Å². The second kappa shape index (κ2) is 5.83. The number of nitrogen functional groups attached to an aromatic ring is 1. The van der Waals surface area contributed by atoms with Crippen molar-refractivity contribution in [3.05, 3.63) is 24.0 Å². The minimum absolute atomic E-state index is 0.226. The van der Waals surface area contributed by atoms with Gasteiger partial charge in [-0.15, -0.1) is 0 Å². The molecule has 0 amide bonds. The zero-order chi connectivity index (χ0) is 13.0. The van der Waals surface area contributed by atoms with E-state index in [1.54, 1.807) is 6.07 Å². The second-order valence-corrected chi connectivity index (χ2v) is 6.28. The Morgan fingerprint density at radius 3 is 2.72 bits per heavy atom. The lowest BCUT2D eigenvalue weighted by Crippen LogP contribution is -2.35. The van der Waals surface area contributed by atoms with E-state index >= 15 is 0 Å². The summed E-state index contributed by atoms with van der Waals surface area (Å²) in [5.74, 6) is -0.346. The summed E-state index contributed by atoms with van der Waals surface area (Å²) in [6.45, 7) is 0.863. The average molecular weight is 268 g/mol. The molecule has 0 aromatic heterocycles. The van der Waals surface area contributed by atoms with Gasteiger partial charge in [0.05, 0.1) is 11.4 Å². The number of hydrogen-bond donors (Lipinski definition) is 2. The molecule has 0 heterocycles. The van der Waals surface area contributed by atoms with E-state index in [9.17, 15) is 4.39 Å². The summed E-state index contributed by atoms with van der Waals surface area (Å²) in [4.78, 5) is 0. The van der Waals surface area contributed by atoms with Crippen molar-refractivity contribution in [2.45, 2.75) is 36.9 Å². The van der Waals surface area contributed by atoms with Gasteiger partial charge in [-0.1, -0.05) is 25.3 Å². The molecule has 4 heteroatoms. The molecule has 3 N–H and O–H groups in total. The number of anilines is 2. The van der Waals surface area contributed by atoms with E-state index in [-0.39, 0.29) is 16.3 Å². The Kier molecular flexibility index (Phi) is 4.38. The molecule has 1 aliphatic carbocycles. The van der Waals surface area contributed by atoms with Crippen LogP contribution in [0.1, 0.15) is 32.1 Å². The number of thioether (sulfide) groups is 1. The van der Waals surface area contributed by atoms with Crippen molar-refractivity contribution < 1.29 is 4.39 Å². The van der Waals surface area contributed by atoms with E-state index in [0.29, 0.717) is 5.69 Å². The molecule has 0 aliphatic heterocycles. The maximum atomic E-state index is 13.4. The first kappa shape index (κ1) is 13.5. The lowest BCUT2D eigenvalue weighted by Gasteiger charge is -2.36. The largest absolute Gasteiger partial charge is 0.395 e. The highest BCUT2D eigenvalue weighted by molar-refractivity contribution is 8.00. The SMILES string of the molecule is CSC1(CNc2cccc(F)c2N)CCCCC1. The Morgan fingerprint density at radius 2 is 2.06 bits per heavy atom. The van der Waals surface area contributed by atoms with Crippen LogP contribution < -0.4 is 11.1 Å². The van der Waals surface area contributed by atoms with Gasteiger partial charge in [0.1, 0.15) is 5.82 Å². The minimum atomic E-state index is -0.346. The fourth-order valence-electron chi connectivity index (χ4n) is 2.60. The normalized spacial score (nSPS) is 18.6. The fraction of sp³-hybridized carbons (Fsp3) is 0.571. The van der Waals surface area contributed by atoms with Crippen molar-refractivity contribution in [3.8, 4) is 0 Å². The molecule has 0 bridgehead atoms. The van der Waals surface area contributed by atoms with Crippen LogP contribution in [0.5, 0.6) is 0 Å². The molecule has 0 unspecified atom stereocenters. The highest BCUT2D eigenvalue weighted by Gasteiger charge is 2.30. The van der Waals surface area contributed by atoms with Crippen LogP contribution in [-0.2, 0) is 0 Å². The summed E-state index contributed by atoms with van der Waals surface area (Å²) in [5, 5.41) is 3.33. The molecule has 100 valence electrons. The summed E-state index contributed by atoms with van der Waals surface area (Å²) in [6, 6.07) is 4.93. The molecule has 1 aromatic rings. The third-order valence-corrected chi connectivity index (χ3v) is 5.27. The summed E-state index contributed by atoms with van der Waals surface area (Å²) in [6.07, 6.45) is 8.56. The van der Waals surface area contributed by atoms with Gasteiger partial charge in [0.15, 0.2) is 0 Å². The molecule has 0 atom stereocenters. The number of benzene rings is 1. The molecule has 1 aromatic carbocycles. The van der Waals surface area contributed by atoms with Gasteiger partial charge in [-0.25, -0.2) is 4.39 Å². The van der Waals surface area contributed by atoms with Gasteiger partial charge < -0.3 is 11.1 Å². The zero-order valence-corrected chi connectivity index (χ0v) is 11.7. The van der Waals surface area contributed by atoms with Gasteiger partial charge in [-0.3, -0.25) is 0 Å². The van der Waals surface area contributed by atoms with E-state index < -0.39 is 0 Å². The van der Waals surface area contributed by atoms with Crippen molar-refractivity contribution in [1.82, 2.24) is 0 Å². The summed E-state index contributed by atoms with van der Waals surface area (Å²) >= 11 is 1.93. The van der Waals surface area contributed by atoms with E-state index in [1.807, 2.05) is 17.8 Å². The van der Waals surface area contributed by atoms with Crippen molar-refractivity contribution in [2.75, 3.05) is 23.9 Å². The van der Waals surface area contributed by atoms with Crippen LogP contribution in [-0.4, -0.2) is 17.5 Å². The Bertz CT molecular complexity index is 403. The molecule has 1 fully saturated rings. The van der Waals surface area contributed by atoms with Crippen LogP contribution in [0.3, 0.4) is 0 Å². The predicted octanol–water partition coefficient (Wildman–Crippen LogP) is 3.89. The standard InChI is InChI=1S/C14H21FN2S/c1-18-14(8-3-2-4-9-14)10-17-12-7-5-6-11(15)13(12)16/h5-7,17H,2-4,8-10,16H2,1H3. The van der Waals surface area contributed by atoms with Gasteiger partial charge in [-0.2, -0.15) is 11.8 Å². The van der Waals surface area contributed by atoms with Gasteiger partial charge >= 0.3 is 0 Å². The second-order valence-electron chi connectivity index (χ2n) is 5.00. The molecular weight excluding hydrogens is 247 g/mol. The van der Waals surface area contributed by atoms with Crippen LogP contribution in [0, 0.1) is 5.82 Å². The van der Waals surface area contributed by atoms with Crippen molar-refractivity contribution >= 4 is 23.1 Å². The molecule has 2 nitrogen and oxygen atoms in total. The van der Waals surface area contributed by atoms with Crippen molar-refractivity contribution in [3.63, 3.8) is 0 Å². The maximum Gasteiger partial charge on any atom is 0.148 e. The van der Waals surface area contributed by atoms with Crippen LogP contribution in [0.2, 0.25) is 0 Å². The summed E-state index contributed by atoms with van der Waals surface area (Å²) in [5.41, 5.74) is 6.68. The fourth-order valence-corrected chi connectivity index (χ4v) is 3.51. The summed E-state index contributed by atoms with van der Waals surface area (Å²) < 4.78 is 13.6. The highest BCUT2D eigenvalue weighted by Crippen LogP contribution is 2.39. The van der Waals surface area contributed by atoms with E-state index in [1.165, 1.54) is 38.2 Å². The molecule has 0 spiro atoms. The van der Waals surface area contributed by atoms with Crippen LogP contribution >= 0.6 is 11.8 Å². The lowest BCUT2D eigenvalue weighted by atomic mass is 9.88. The van der Waals surface area contributed by atoms with Crippen LogP contribution in [0.15, 0.2) is 18.2 Å². The first-order chi connectivity index (χ1) is 8.67. The van der Waals surface area contributed by atoms with E-state index in [0.717, 1.165) is 6.54 Å². The highest BCUT2D eigenvalue weighted by atomic mass is 32.2. The van der Waals surface area contributed by atoms with E-state index in [2.05, 4.69) is 11.6 Å². The number of hydrogen-bond acceptors (Lipinski definition) is 3. The first-order valence-electron chi connectivity index (χ1n) is 6.50. The molecule has 0 radical (unpaired) electrons. The van der Waals surface area contributed by atoms with E-state index in [4.69, 9.17) is 5.73 Å². The van der Waals surface area contributed by atoms with Crippen LogP contribution in [0.25, 0.3) is 0 Å². The Balaban J connectivity index is 2.03. The van der Waals surface area contributed by atoms with Gasteiger partial charge in [0, 0.05) is 11.3 Å². The quantitative estimate of drug-likeness (QED) is 0.814. The molecule has 2 rings (SSSR count). The topological polar surface area (TPSA) is 38.0 Å². The minimum Gasteiger partial charge on any atom is -0.395 e. The third kappa shape index (κ3) is 2.91. The number of nitrogens with two attached hydrogens (primary N) is 1. The molecule has 1 saturated carbocycles. The Morgan fingerprint density at radius 1 is 1.33 bits per heavy atom. The first-order valence-corrected chi connectivity index (χ1v) is 7.72. The van der Waals surface area contributed by atoms with Crippen molar-refractivity contribution in [1.29, 1.82) is 0 Å². The zero-order valence-electron chi connectivity index (χ0n) is 10.8. The molecule has 1 aliphatic rings. The number of halogens is 1. The van der Waals surface area contributed by atoms with Crippen molar-refractivity contribution in [2.24, 2.45) is 0 Å². The van der Waals surface area contributed by atoms with Crippen LogP contribution in [0.4, 0.5) is 15.8 Å². The molecule has 18 heavy (non-hydrogen) atoms. The summed E-state index contributed by atoms with van der Waals surface area (Å²) in [7, 11) is 0. The smallest absolute Gasteiger partial charge is 0.148 e. The maximum absolute atomic E-state index is 13.4.